The summed E-state index contributed by atoms with van der Waals surface area (Å²) in [6.45, 7) is 10.9. The number of nitrogens with one attached hydrogen (secondary N) is 2. The Balaban J connectivity index is 0.000000247. The summed E-state index contributed by atoms with van der Waals surface area (Å²) in [5.74, 6) is -3.54. The summed E-state index contributed by atoms with van der Waals surface area (Å²) in [4.78, 5) is 34.1. The number of nitriles is 1. The maximum Gasteiger partial charge on any atom is 0.417 e. The third kappa shape index (κ3) is 13.9. The van der Waals surface area contributed by atoms with Gasteiger partial charge in [-0.2, -0.15) is 28.4 Å². The van der Waals surface area contributed by atoms with E-state index in [1.54, 1.807) is 0 Å². The molecule has 468 valence electrons. The lowest BCUT2D eigenvalue weighted by Gasteiger charge is -2.35. The van der Waals surface area contributed by atoms with E-state index in [-0.39, 0.29) is 91.9 Å². The van der Waals surface area contributed by atoms with E-state index in [1.807, 2.05) is 51.0 Å². The second kappa shape index (κ2) is 27.5. The van der Waals surface area contributed by atoms with Gasteiger partial charge in [0, 0.05) is 72.5 Å². The van der Waals surface area contributed by atoms with Crippen molar-refractivity contribution < 1.29 is 59.6 Å². The Kier molecular flexibility index (Phi) is 19.7. The normalized spacial score (nSPS) is 18.2. The van der Waals surface area contributed by atoms with E-state index < -0.39 is 52.2 Å². The fraction of sp³-hybridized carbons (Fsp3) is 0.391. The molecule has 25 heteroatoms. The largest absolute Gasteiger partial charge is 0.486 e. The van der Waals surface area contributed by atoms with Crippen LogP contribution in [0.3, 0.4) is 0 Å². The number of likely N-dealkylation sites (tertiary alicyclic amines) is 1. The second-order valence-electron chi connectivity index (χ2n) is 22.8. The van der Waals surface area contributed by atoms with Gasteiger partial charge in [0.1, 0.15) is 52.4 Å². The topological polar surface area (TPSA) is 219 Å². The molecule has 89 heavy (non-hydrogen) atoms. The molecule has 4 fully saturated rings. The Morgan fingerprint density at radius 2 is 1.58 bits per heavy atom. The summed E-state index contributed by atoms with van der Waals surface area (Å²) < 4.78 is 123. The van der Waals surface area contributed by atoms with Crippen LogP contribution >= 0.6 is 11.3 Å². The standard InChI is InChI=1S/C43H43F4N9O3S.C15H12F3NO2.C6H11NO/c1-22(2)23(3)56-20-34(53-54-56)25-6-4-24(5-7-25)21-58-38-36(29-10-11-33(44)39-35(29)31(17-48)40(49)60-39)32(43(45,46)47)16-30-37(38)51-42(59-28-12-14-57-15-13-28)52-41(30)55-18-26-8-9-27(19-55)50-26;16-11-5-6-12(17)15(18)14(11)10-3-1-9(2-4-10)13(7-20)19-8-21;1-6-3-2-4-7(6)5-8/h4-7,10-11,16,20,22-23,26-28,50H,8-9,12-15,18-19,21,49H2,1-3H3;1-6,8,13,20H,7H2,(H,19,21);5-6H,2-4H2,1H3. The minimum absolute atomic E-state index is 0.00299. The third-order valence-electron chi connectivity index (χ3n) is 16.7. The zero-order chi connectivity index (χ0) is 63.3. The number of benzene rings is 5. The molecule has 2 bridgehead atoms. The molecule has 5 atom stereocenters. The van der Waals surface area contributed by atoms with E-state index in [1.165, 1.54) is 43.2 Å². The maximum atomic E-state index is 15.7. The predicted molar refractivity (Wildman–Crippen MR) is 323 cm³/mol. The summed E-state index contributed by atoms with van der Waals surface area (Å²) in [7, 11) is 0. The highest BCUT2D eigenvalue weighted by Crippen LogP contribution is 2.52. The fourth-order valence-corrected chi connectivity index (χ4v) is 12.5. The first-order valence-corrected chi connectivity index (χ1v) is 30.1. The lowest BCUT2D eigenvalue weighted by atomic mass is 9.92. The summed E-state index contributed by atoms with van der Waals surface area (Å²) in [5.41, 5.74) is 7.03. The molecule has 3 aromatic heterocycles. The van der Waals surface area contributed by atoms with Crippen molar-refractivity contribution in [2.24, 2.45) is 5.92 Å². The molecule has 5 unspecified atom stereocenters. The number of thiophene rings is 1. The number of carbonyl (C=O) groups excluding carboxylic acids is 2. The molecule has 4 aliphatic heterocycles. The number of nitrogen functional groups attached to an aromatic ring is 1. The van der Waals surface area contributed by atoms with Crippen LogP contribution in [-0.4, -0.2) is 111 Å². The zero-order valence-electron chi connectivity index (χ0n) is 49.2. The van der Waals surface area contributed by atoms with Gasteiger partial charge in [0.15, 0.2) is 17.4 Å². The molecule has 2 amide bonds. The SMILES string of the molecule is CC(C)C(C)n1cc(-c2ccc(COc3c(-c4ccc(F)c5sc(N)c(C#N)c45)c(C(F)(F)F)cc4c(N5CC6CCC(C5)N6)nc(OC5CCOCC5)nc34)cc2)nn1.CC1CCCN1C=O.O=CNC(CO)c1ccc(-c2c(F)ccc(F)c2F)cc1. The molecule has 0 aliphatic carbocycles. The van der Waals surface area contributed by atoms with Crippen LogP contribution in [0.25, 0.3) is 54.5 Å². The summed E-state index contributed by atoms with van der Waals surface area (Å²) >= 11 is 0.804. The van der Waals surface area contributed by atoms with Crippen LogP contribution in [0.4, 0.5) is 41.6 Å². The number of rotatable bonds is 16. The van der Waals surface area contributed by atoms with Gasteiger partial charge in [0.2, 0.25) is 12.8 Å². The number of aromatic nitrogens is 5. The summed E-state index contributed by atoms with van der Waals surface area (Å²) in [6, 6.07) is 20.4. The number of piperazine rings is 1. The third-order valence-corrected chi connectivity index (χ3v) is 17.8. The highest BCUT2D eigenvalue weighted by atomic mass is 32.1. The van der Waals surface area contributed by atoms with Crippen LogP contribution in [-0.2, 0) is 27.1 Å². The van der Waals surface area contributed by atoms with E-state index in [0.29, 0.717) is 80.2 Å². The second-order valence-corrected chi connectivity index (χ2v) is 23.9. The molecule has 0 radical (unpaired) electrons. The Morgan fingerprint density at radius 1 is 0.899 bits per heavy atom. The number of fused-ring (bicyclic) bond motifs is 4. The smallest absolute Gasteiger partial charge is 0.417 e. The van der Waals surface area contributed by atoms with Gasteiger partial charge >= 0.3 is 12.2 Å². The van der Waals surface area contributed by atoms with Gasteiger partial charge in [-0.15, -0.1) is 16.4 Å². The van der Waals surface area contributed by atoms with Gasteiger partial charge in [-0.25, -0.2) is 22.2 Å². The number of alkyl halides is 3. The number of anilines is 2. The molecule has 4 aliphatic rings. The summed E-state index contributed by atoms with van der Waals surface area (Å²) in [6.07, 6.45) is 3.44. The van der Waals surface area contributed by atoms with E-state index in [2.05, 4.69) is 48.6 Å². The molecular weight excluding hydrogens is 1180 g/mol. The van der Waals surface area contributed by atoms with Gasteiger partial charge in [0.25, 0.3) is 0 Å². The minimum atomic E-state index is -4.94. The Morgan fingerprint density at radius 3 is 2.20 bits per heavy atom. The monoisotopic (exact) mass is 1250 g/mol. The molecule has 5 N–H and O–H groups in total. The number of nitrogens with zero attached hydrogens (tertiary/aromatic N) is 8. The summed E-state index contributed by atoms with van der Waals surface area (Å²) in [5, 5.41) is 34.1. The number of aliphatic hydroxyl groups is 1. The van der Waals surface area contributed by atoms with Crippen molar-refractivity contribution in [1.82, 2.24) is 40.5 Å². The van der Waals surface area contributed by atoms with Crippen LogP contribution in [0.2, 0.25) is 0 Å². The Hall–Kier alpha value is -8.44. The van der Waals surface area contributed by atoms with Gasteiger partial charge in [-0.05, 0) is 92.0 Å². The van der Waals surface area contributed by atoms with Crippen LogP contribution in [0.1, 0.15) is 101 Å². The number of hydrogen-bond acceptors (Lipinski definition) is 15. The molecule has 0 saturated carbocycles. The number of amides is 2. The van der Waals surface area contributed by atoms with E-state index in [9.17, 15) is 28.0 Å². The van der Waals surface area contributed by atoms with Gasteiger partial charge in [0.05, 0.1) is 59.5 Å². The highest BCUT2D eigenvalue weighted by molar-refractivity contribution is 7.23. The number of aliphatic hydroxyl groups excluding tert-OH is 1. The first kappa shape index (κ1) is 63.6. The average molecular weight is 1250 g/mol. The van der Waals surface area contributed by atoms with Crippen molar-refractivity contribution in [3.05, 3.63) is 131 Å². The first-order valence-electron chi connectivity index (χ1n) is 29.3. The molecule has 17 nitrogen and oxygen atoms in total. The quantitative estimate of drug-likeness (QED) is 0.0402. The van der Waals surface area contributed by atoms with Crippen LogP contribution in [0.15, 0.2) is 85.1 Å². The van der Waals surface area contributed by atoms with Gasteiger partial charge < -0.3 is 45.5 Å². The molecule has 12 rings (SSSR count). The molecule has 8 aromatic rings. The number of nitrogens with two attached hydrogens (primary N) is 1. The molecular formula is C64H66F7N11O6S. The minimum Gasteiger partial charge on any atom is -0.486 e. The van der Waals surface area contributed by atoms with Crippen molar-refractivity contribution in [3.8, 4) is 51.3 Å². The van der Waals surface area contributed by atoms with Gasteiger partial charge in [-0.1, -0.05) is 73.7 Å². The zero-order valence-corrected chi connectivity index (χ0v) is 50.0. The Labute approximate surface area is 512 Å². The maximum absolute atomic E-state index is 15.7. The molecule has 4 saturated heterocycles. The highest BCUT2D eigenvalue weighted by Gasteiger charge is 2.41. The number of hydrogen-bond donors (Lipinski definition) is 4. The van der Waals surface area contributed by atoms with Crippen LogP contribution in [0.5, 0.6) is 11.8 Å². The predicted octanol–water partition coefficient (Wildman–Crippen LogP) is 11.9. The average Bonchev–Trinajstić information content (AvgIpc) is 1.76. The van der Waals surface area contributed by atoms with E-state index in [4.69, 9.17) is 35.0 Å². The molecule has 7 heterocycles. The van der Waals surface area contributed by atoms with Crippen LogP contribution in [0, 0.1) is 40.5 Å². The van der Waals surface area contributed by atoms with Crippen molar-refractivity contribution in [2.75, 3.05) is 50.1 Å². The van der Waals surface area contributed by atoms with Gasteiger partial charge in [-0.3, -0.25) is 9.59 Å². The van der Waals surface area contributed by atoms with Crippen LogP contribution < -0.4 is 30.7 Å². The first-order chi connectivity index (χ1) is 42.8. The number of ether oxygens (including phenoxy) is 3. The molecule has 0 spiro atoms. The van der Waals surface area contributed by atoms with Crippen molar-refractivity contribution in [2.45, 2.75) is 115 Å². The Bertz CT molecular complexity index is 3860. The van der Waals surface area contributed by atoms with Crippen molar-refractivity contribution in [3.63, 3.8) is 0 Å². The lowest BCUT2D eigenvalue weighted by molar-refractivity contribution is -0.137. The lowest BCUT2D eigenvalue weighted by Crippen LogP contribution is -2.51. The number of halogens is 7. The van der Waals surface area contributed by atoms with Crippen molar-refractivity contribution in [1.29, 1.82) is 5.26 Å². The number of carbonyl (C=O) groups is 2. The fourth-order valence-electron chi connectivity index (χ4n) is 11.5. The molecule has 5 aromatic carbocycles. The van der Waals surface area contributed by atoms with E-state index in [0.717, 1.165) is 67.0 Å². The van der Waals surface area contributed by atoms with E-state index >= 15 is 17.6 Å². The van der Waals surface area contributed by atoms with Crippen molar-refractivity contribution >= 4 is 56.0 Å².